The highest BCUT2D eigenvalue weighted by Crippen LogP contribution is 2.35. The monoisotopic (exact) mass is 602 g/mol. The zero-order valence-corrected chi connectivity index (χ0v) is 26.8. The molecule has 2 N–H and O–H groups in total. The lowest BCUT2D eigenvalue weighted by atomic mass is 9.78. The highest BCUT2D eigenvalue weighted by molar-refractivity contribution is 5.88. The molecule has 45 heavy (non-hydrogen) atoms. The zero-order valence-electron chi connectivity index (χ0n) is 26.8. The summed E-state index contributed by atoms with van der Waals surface area (Å²) in [5.74, 6) is 3.14. The molecule has 5 rings (SSSR count). The Kier molecular flexibility index (Phi) is 12.9. The van der Waals surface area contributed by atoms with Gasteiger partial charge in [-0.1, -0.05) is 74.5 Å². The second-order valence-electron chi connectivity index (χ2n) is 10.9. The van der Waals surface area contributed by atoms with E-state index in [0.29, 0.717) is 5.75 Å². The van der Waals surface area contributed by atoms with Crippen LogP contribution in [0.4, 0.5) is 11.4 Å². The van der Waals surface area contributed by atoms with Gasteiger partial charge in [-0.05, 0) is 97.8 Å². The van der Waals surface area contributed by atoms with Gasteiger partial charge in [0.05, 0.1) is 0 Å². The molecule has 0 saturated carbocycles. The number of anilines is 2. The minimum absolute atomic E-state index is 0.0986. The summed E-state index contributed by atoms with van der Waals surface area (Å²) >= 11 is 0. The second kappa shape index (κ2) is 17.1. The van der Waals surface area contributed by atoms with E-state index < -0.39 is 0 Å². The van der Waals surface area contributed by atoms with Gasteiger partial charge in [-0.15, -0.1) is 0 Å². The van der Waals surface area contributed by atoms with Crippen LogP contribution < -0.4 is 20.1 Å². The van der Waals surface area contributed by atoms with Crippen LogP contribution in [0.2, 0.25) is 0 Å². The lowest BCUT2D eigenvalue weighted by Crippen LogP contribution is -2.18. The zero-order chi connectivity index (χ0) is 32.7. The normalized spacial score (nSPS) is 10.2. The molecule has 0 aliphatic heterocycles. The van der Waals surface area contributed by atoms with Gasteiger partial charge in [-0.2, -0.15) is 0 Å². The van der Waals surface area contributed by atoms with Crippen LogP contribution >= 0.6 is 0 Å². The molecule has 0 unspecified atom stereocenters. The highest BCUT2D eigenvalue weighted by atomic mass is 16.5. The summed E-state index contributed by atoms with van der Waals surface area (Å²) in [6.45, 7) is 8.95. The molecule has 0 aromatic heterocycles. The number of nitrogens with one attached hydrogen (secondary N) is 2. The number of amides is 1. The van der Waals surface area contributed by atoms with E-state index in [0.717, 1.165) is 28.6 Å². The van der Waals surface area contributed by atoms with E-state index in [1.807, 2.05) is 116 Å². The number of carbonyl (C=O) groups is 2. The van der Waals surface area contributed by atoms with Crippen molar-refractivity contribution in [2.45, 2.75) is 40.0 Å². The molecule has 232 valence electrons. The second-order valence-corrected chi connectivity index (χ2v) is 10.9. The number of hydrogen-bond acceptors (Lipinski definition) is 5. The lowest BCUT2D eigenvalue weighted by molar-refractivity contribution is -0.115. The Bertz CT molecular complexity index is 1570. The summed E-state index contributed by atoms with van der Waals surface area (Å²) < 4.78 is 12.0. The van der Waals surface area contributed by atoms with Gasteiger partial charge < -0.3 is 24.9 Å². The molecule has 5 aromatic carbocycles. The number of ether oxygens (including phenoxy) is 2. The molecule has 0 bridgehead atoms. The Morgan fingerprint density at radius 2 is 0.800 bits per heavy atom. The van der Waals surface area contributed by atoms with Crippen molar-refractivity contribution in [1.82, 2.24) is 0 Å². The Hall–Kier alpha value is -5.36. The number of Topliss-reactive ketones (excluding diaryl/α,β-unsaturated/α-hetero) is 1. The van der Waals surface area contributed by atoms with Crippen molar-refractivity contribution in [3.8, 4) is 23.0 Å². The van der Waals surface area contributed by atoms with Gasteiger partial charge in [0.15, 0.2) is 0 Å². The molecule has 0 radical (unpaired) electrons. The standard InChI is InChI=1S/C30H30N2O3.C6H6.C3H6O/c1-21(33)32-25-11-19-29(20-12-25)35-27-15-7-23(8-16-27)30(2,3)22-5-13-26(14-6-22)34-28-17-9-24(31-4)10-18-28;1-2-4-6-5-3-1;1-3(2)4/h5-20,31H,1-4H3,(H,32,33);1-6H;1-2H3. The quantitative estimate of drug-likeness (QED) is 0.185. The topological polar surface area (TPSA) is 76.7 Å². The molecule has 0 heterocycles. The van der Waals surface area contributed by atoms with Crippen molar-refractivity contribution in [2.24, 2.45) is 0 Å². The summed E-state index contributed by atoms with van der Waals surface area (Å²) in [7, 11) is 1.89. The van der Waals surface area contributed by atoms with E-state index in [1.165, 1.54) is 31.9 Å². The van der Waals surface area contributed by atoms with Crippen molar-refractivity contribution in [2.75, 3.05) is 17.7 Å². The maximum absolute atomic E-state index is 11.2. The van der Waals surface area contributed by atoms with Crippen molar-refractivity contribution in [3.05, 3.63) is 145 Å². The molecular formula is C39H42N2O4. The fraction of sp³-hybridized carbons (Fsp3) is 0.179. The molecule has 0 fully saturated rings. The van der Waals surface area contributed by atoms with E-state index in [9.17, 15) is 9.59 Å². The number of rotatable bonds is 8. The summed E-state index contributed by atoms with van der Waals surface area (Å²) in [5, 5.41) is 5.86. The number of hydrogen-bond donors (Lipinski definition) is 2. The van der Waals surface area contributed by atoms with Gasteiger partial charge in [0.1, 0.15) is 28.8 Å². The number of carbonyl (C=O) groups excluding carboxylic acids is 2. The SMILES string of the molecule is CC(C)=O.CNc1ccc(Oc2ccc(C(C)(C)c3ccc(Oc4ccc(NC(C)=O)cc4)cc3)cc2)cc1.c1ccccc1. The van der Waals surface area contributed by atoms with E-state index in [1.54, 1.807) is 0 Å². The first-order valence-corrected chi connectivity index (χ1v) is 14.8. The van der Waals surface area contributed by atoms with Crippen LogP contribution in [0.1, 0.15) is 45.7 Å². The van der Waals surface area contributed by atoms with Crippen LogP contribution in [0.5, 0.6) is 23.0 Å². The smallest absolute Gasteiger partial charge is 0.221 e. The van der Waals surface area contributed by atoms with Crippen LogP contribution in [-0.2, 0) is 15.0 Å². The van der Waals surface area contributed by atoms with Gasteiger partial charge in [-0.25, -0.2) is 0 Å². The van der Waals surface area contributed by atoms with Crippen molar-refractivity contribution in [3.63, 3.8) is 0 Å². The average Bonchev–Trinajstić information content (AvgIpc) is 3.04. The Balaban J connectivity index is 0.000000473. The third-order valence-corrected chi connectivity index (χ3v) is 6.61. The molecule has 0 saturated heterocycles. The number of benzene rings is 5. The highest BCUT2D eigenvalue weighted by Gasteiger charge is 2.23. The fourth-order valence-electron chi connectivity index (χ4n) is 4.20. The predicted octanol–water partition coefficient (Wildman–Crippen LogP) is 9.88. The van der Waals surface area contributed by atoms with E-state index in [-0.39, 0.29) is 17.1 Å². The van der Waals surface area contributed by atoms with Crippen LogP contribution in [0, 0.1) is 0 Å². The summed E-state index contributed by atoms with van der Waals surface area (Å²) in [4.78, 5) is 20.6. The van der Waals surface area contributed by atoms with E-state index in [2.05, 4.69) is 48.7 Å². The van der Waals surface area contributed by atoms with Crippen LogP contribution in [0.25, 0.3) is 0 Å². The lowest BCUT2D eigenvalue weighted by Gasteiger charge is -2.26. The summed E-state index contributed by atoms with van der Waals surface area (Å²) in [6.07, 6.45) is 0. The van der Waals surface area contributed by atoms with E-state index in [4.69, 9.17) is 9.47 Å². The summed E-state index contributed by atoms with van der Waals surface area (Å²) in [5.41, 5.74) is 3.97. The van der Waals surface area contributed by atoms with Crippen molar-refractivity contribution >= 4 is 23.1 Å². The molecule has 0 aliphatic carbocycles. The first-order valence-electron chi connectivity index (χ1n) is 14.8. The van der Waals surface area contributed by atoms with Crippen molar-refractivity contribution < 1.29 is 19.1 Å². The fourth-order valence-corrected chi connectivity index (χ4v) is 4.20. The van der Waals surface area contributed by atoms with Gasteiger partial charge in [0.25, 0.3) is 0 Å². The minimum Gasteiger partial charge on any atom is -0.457 e. The Morgan fingerprint density at radius 1 is 0.511 bits per heavy atom. The molecule has 5 aromatic rings. The first-order chi connectivity index (χ1) is 21.6. The van der Waals surface area contributed by atoms with Crippen LogP contribution in [0.15, 0.2) is 133 Å². The minimum atomic E-state index is -0.189. The maximum atomic E-state index is 11.2. The Labute approximate surface area is 267 Å². The average molecular weight is 603 g/mol. The third-order valence-electron chi connectivity index (χ3n) is 6.61. The molecule has 0 atom stereocenters. The van der Waals surface area contributed by atoms with Crippen molar-refractivity contribution in [1.29, 1.82) is 0 Å². The van der Waals surface area contributed by atoms with Crippen LogP contribution in [-0.4, -0.2) is 18.7 Å². The molecule has 0 aliphatic rings. The number of ketones is 1. The molecule has 0 spiro atoms. The van der Waals surface area contributed by atoms with E-state index >= 15 is 0 Å². The molecule has 6 heteroatoms. The maximum Gasteiger partial charge on any atom is 0.221 e. The molecular weight excluding hydrogens is 560 g/mol. The molecule has 1 amide bonds. The first kappa shape index (κ1) is 34.1. The van der Waals surface area contributed by atoms with Gasteiger partial charge in [-0.3, -0.25) is 4.79 Å². The Morgan fingerprint density at radius 3 is 1.09 bits per heavy atom. The van der Waals surface area contributed by atoms with Gasteiger partial charge >= 0.3 is 0 Å². The van der Waals surface area contributed by atoms with Gasteiger partial charge in [0.2, 0.25) is 5.91 Å². The van der Waals surface area contributed by atoms with Gasteiger partial charge in [0, 0.05) is 30.8 Å². The summed E-state index contributed by atoms with van der Waals surface area (Å²) in [6, 6.07) is 43.5. The predicted molar refractivity (Wildman–Crippen MR) is 185 cm³/mol. The van der Waals surface area contributed by atoms with Crippen LogP contribution in [0.3, 0.4) is 0 Å². The molecule has 6 nitrogen and oxygen atoms in total. The largest absolute Gasteiger partial charge is 0.457 e. The third kappa shape index (κ3) is 11.7.